The lowest BCUT2D eigenvalue weighted by molar-refractivity contribution is 0.0899. The van der Waals surface area contributed by atoms with Crippen molar-refractivity contribution in [2.75, 3.05) is 13.1 Å². The molecule has 16 heavy (non-hydrogen) atoms. The number of nitrogens with zero attached hydrogens (tertiary/aromatic N) is 1. The molecule has 1 saturated heterocycles. The van der Waals surface area contributed by atoms with Crippen molar-refractivity contribution in [2.24, 2.45) is 10.8 Å². The summed E-state index contributed by atoms with van der Waals surface area (Å²) in [4.78, 5) is 2.54. The van der Waals surface area contributed by atoms with Crippen LogP contribution in [0.2, 0.25) is 0 Å². The number of rotatable bonds is 3. The zero-order chi connectivity index (χ0) is 12.0. The van der Waals surface area contributed by atoms with Gasteiger partial charge in [-0.2, -0.15) is 0 Å². The molecular formula is C14H27NO. The molecule has 1 aliphatic carbocycles. The summed E-state index contributed by atoms with van der Waals surface area (Å²) in [7, 11) is 0. The first-order valence-corrected chi connectivity index (χ1v) is 6.76. The minimum atomic E-state index is -0.133. The molecule has 0 aromatic carbocycles. The second-order valence-electron chi connectivity index (χ2n) is 7.21. The lowest BCUT2D eigenvalue weighted by atomic mass is 9.65. The van der Waals surface area contributed by atoms with Gasteiger partial charge < -0.3 is 5.11 Å². The zero-order valence-corrected chi connectivity index (χ0v) is 11.3. The van der Waals surface area contributed by atoms with Crippen LogP contribution in [0.25, 0.3) is 0 Å². The van der Waals surface area contributed by atoms with Crippen LogP contribution in [-0.2, 0) is 0 Å². The lowest BCUT2D eigenvalue weighted by Gasteiger charge is -2.40. The van der Waals surface area contributed by atoms with Crippen LogP contribution in [0.15, 0.2) is 0 Å². The molecule has 2 fully saturated rings. The largest absolute Gasteiger partial charge is 0.392 e. The molecule has 0 amide bonds. The molecule has 2 nitrogen and oxygen atoms in total. The molecule has 0 unspecified atom stereocenters. The Labute approximate surface area is 100 Å². The number of fused-ring (bicyclic) bond motifs is 2. The van der Waals surface area contributed by atoms with E-state index in [0.29, 0.717) is 10.8 Å². The fraction of sp³-hybridized carbons (Fsp3) is 1.00. The van der Waals surface area contributed by atoms with E-state index in [0.717, 1.165) is 19.0 Å². The lowest BCUT2D eigenvalue weighted by Crippen LogP contribution is -2.37. The Bertz CT molecular complexity index is 263. The maximum absolute atomic E-state index is 9.81. The predicted molar refractivity (Wildman–Crippen MR) is 67.4 cm³/mol. The Kier molecular flexibility index (Phi) is 3.09. The smallest absolute Gasteiger partial charge is 0.0664 e. The summed E-state index contributed by atoms with van der Waals surface area (Å²) in [5.74, 6) is 0. The second-order valence-corrected chi connectivity index (χ2v) is 7.21. The number of aliphatic hydroxyl groups excluding tert-OH is 1. The van der Waals surface area contributed by atoms with Crippen LogP contribution in [0.3, 0.4) is 0 Å². The zero-order valence-electron chi connectivity index (χ0n) is 11.3. The van der Waals surface area contributed by atoms with Crippen LogP contribution in [0.4, 0.5) is 0 Å². The summed E-state index contributed by atoms with van der Waals surface area (Å²) in [6.07, 6.45) is 4.73. The van der Waals surface area contributed by atoms with Crippen LogP contribution in [0.5, 0.6) is 0 Å². The van der Waals surface area contributed by atoms with Gasteiger partial charge in [-0.3, -0.25) is 4.90 Å². The van der Waals surface area contributed by atoms with Crippen molar-refractivity contribution in [3.63, 3.8) is 0 Å². The van der Waals surface area contributed by atoms with E-state index in [1.165, 1.54) is 25.8 Å². The maximum atomic E-state index is 9.81. The molecule has 94 valence electrons. The third-order valence-corrected chi connectivity index (χ3v) is 4.44. The van der Waals surface area contributed by atoms with Crippen molar-refractivity contribution in [3.05, 3.63) is 0 Å². The van der Waals surface area contributed by atoms with E-state index >= 15 is 0 Å². The number of aliphatic hydroxyl groups is 1. The highest BCUT2D eigenvalue weighted by Gasteiger charge is 2.49. The Morgan fingerprint density at radius 1 is 1.31 bits per heavy atom. The van der Waals surface area contributed by atoms with Crippen LogP contribution < -0.4 is 0 Å². The Morgan fingerprint density at radius 2 is 2.00 bits per heavy atom. The van der Waals surface area contributed by atoms with E-state index < -0.39 is 0 Å². The minimum absolute atomic E-state index is 0.133. The van der Waals surface area contributed by atoms with Crippen molar-refractivity contribution in [1.82, 2.24) is 4.90 Å². The van der Waals surface area contributed by atoms with E-state index in [1.54, 1.807) is 0 Å². The molecule has 1 N–H and O–H groups in total. The van der Waals surface area contributed by atoms with Gasteiger partial charge in [0.15, 0.2) is 0 Å². The first-order chi connectivity index (χ1) is 7.34. The summed E-state index contributed by atoms with van der Waals surface area (Å²) in [5, 5.41) is 9.81. The van der Waals surface area contributed by atoms with E-state index in [4.69, 9.17) is 0 Å². The Balaban J connectivity index is 2.04. The molecular weight excluding hydrogens is 198 g/mol. The molecule has 0 radical (unpaired) electrons. The third-order valence-electron chi connectivity index (χ3n) is 4.44. The summed E-state index contributed by atoms with van der Waals surface area (Å²) >= 11 is 0. The van der Waals surface area contributed by atoms with Gasteiger partial charge in [-0.1, -0.05) is 27.7 Å². The van der Waals surface area contributed by atoms with Gasteiger partial charge in [-0.25, -0.2) is 0 Å². The molecule has 0 aromatic rings. The van der Waals surface area contributed by atoms with Crippen molar-refractivity contribution in [1.29, 1.82) is 0 Å². The highest BCUT2D eigenvalue weighted by atomic mass is 16.3. The molecule has 2 rings (SSSR count). The SMILES string of the molecule is CC[C@H](O)CN1C[C@@]2(C)C[C@H]1CC(C)(C)C2. The maximum Gasteiger partial charge on any atom is 0.0664 e. The minimum Gasteiger partial charge on any atom is -0.392 e. The molecule has 1 aliphatic heterocycles. The van der Waals surface area contributed by atoms with Gasteiger partial charge in [0.2, 0.25) is 0 Å². The van der Waals surface area contributed by atoms with E-state index in [-0.39, 0.29) is 6.10 Å². The van der Waals surface area contributed by atoms with Gasteiger partial charge in [0.1, 0.15) is 0 Å². The topological polar surface area (TPSA) is 23.5 Å². The summed E-state index contributed by atoms with van der Waals surface area (Å²) < 4.78 is 0. The van der Waals surface area contributed by atoms with Crippen LogP contribution in [0, 0.1) is 10.8 Å². The fourth-order valence-electron chi connectivity index (χ4n) is 4.19. The average Bonchev–Trinajstić information content (AvgIpc) is 2.35. The first kappa shape index (κ1) is 12.4. The van der Waals surface area contributed by atoms with Crippen molar-refractivity contribution >= 4 is 0 Å². The number of likely N-dealkylation sites (tertiary alicyclic amines) is 1. The summed E-state index contributed by atoms with van der Waals surface area (Å²) in [6.45, 7) is 11.4. The van der Waals surface area contributed by atoms with Gasteiger partial charge in [-0.05, 0) is 36.5 Å². The molecule has 3 atom stereocenters. The number of β-amino-alcohol motifs (C(OH)–C–C–N with tert-alkyl or cyclic N) is 1. The quantitative estimate of drug-likeness (QED) is 0.798. The van der Waals surface area contributed by atoms with Gasteiger partial charge in [0, 0.05) is 19.1 Å². The van der Waals surface area contributed by atoms with Gasteiger partial charge in [0.25, 0.3) is 0 Å². The summed E-state index contributed by atoms with van der Waals surface area (Å²) in [6, 6.07) is 0.718. The van der Waals surface area contributed by atoms with E-state index in [2.05, 4.69) is 32.6 Å². The number of hydrogen-bond acceptors (Lipinski definition) is 2. The second kappa shape index (κ2) is 3.99. The van der Waals surface area contributed by atoms with Crippen LogP contribution >= 0.6 is 0 Å². The molecule has 0 aromatic heterocycles. The van der Waals surface area contributed by atoms with Gasteiger partial charge >= 0.3 is 0 Å². The fourth-order valence-corrected chi connectivity index (χ4v) is 4.19. The Morgan fingerprint density at radius 3 is 2.62 bits per heavy atom. The molecule has 2 aliphatic rings. The molecule has 2 bridgehead atoms. The van der Waals surface area contributed by atoms with Crippen LogP contribution in [0.1, 0.15) is 53.4 Å². The predicted octanol–water partition coefficient (Wildman–Crippen LogP) is 2.66. The standard InChI is InChI=1S/C14H27NO/c1-5-12(16)8-15-10-14(4)7-11(15)6-13(2,3)9-14/h11-12,16H,5-10H2,1-4H3/t11-,12+,14+/m1/s1. The van der Waals surface area contributed by atoms with E-state index in [9.17, 15) is 5.11 Å². The number of hydrogen-bond donors (Lipinski definition) is 1. The monoisotopic (exact) mass is 225 g/mol. The third kappa shape index (κ3) is 2.43. The van der Waals surface area contributed by atoms with Gasteiger partial charge in [0.05, 0.1) is 6.10 Å². The highest BCUT2D eigenvalue weighted by Crippen LogP contribution is 2.52. The van der Waals surface area contributed by atoms with E-state index in [1.807, 2.05) is 0 Å². The van der Waals surface area contributed by atoms with Crippen molar-refractivity contribution in [2.45, 2.75) is 65.5 Å². The summed E-state index contributed by atoms with van der Waals surface area (Å²) in [5.41, 5.74) is 0.990. The molecule has 0 spiro atoms. The average molecular weight is 225 g/mol. The highest BCUT2D eigenvalue weighted by molar-refractivity contribution is 5.02. The van der Waals surface area contributed by atoms with Gasteiger partial charge in [-0.15, -0.1) is 0 Å². The van der Waals surface area contributed by atoms with Crippen molar-refractivity contribution in [3.8, 4) is 0 Å². The molecule has 2 heteroatoms. The first-order valence-electron chi connectivity index (χ1n) is 6.76. The van der Waals surface area contributed by atoms with Crippen molar-refractivity contribution < 1.29 is 5.11 Å². The Hall–Kier alpha value is -0.0800. The van der Waals surface area contributed by atoms with Crippen LogP contribution in [-0.4, -0.2) is 35.2 Å². The normalized spacial score (nSPS) is 39.9. The molecule has 1 heterocycles. The molecule has 1 saturated carbocycles.